The van der Waals surface area contributed by atoms with Crippen molar-refractivity contribution in [1.82, 2.24) is 9.97 Å². The lowest BCUT2D eigenvalue weighted by Gasteiger charge is -2.34. The van der Waals surface area contributed by atoms with Gasteiger partial charge in [-0.1, -0.05) is 12.3 Å². The Morgan fingerprint density at radius 2 is 2.20 bits per heavy atom. The molecule has 2 atom stereocenters. The highest BCUT2D eigenvalue weighted by Gasteiger charge is 2.53. The van der Waals surface area contributed by atoms with Crippen molar-refractivity contribution < 1.29 is 4.79 Å². The van der Waals surface area contributed by atoms with E-state index in [0.29, 0.717) is 0 Å². The molecule has 2 fully saturated rings. The summed E-state index contributed by atoms with van der Waals surface area (Å²) in [6.07, 6.45) is 7.46. The number of nitrogens with zero attached hydrogens (tertiary/aromatic N) is 2. The first-order valence-electron chi connectivity index (χ1n) is 7.17. The fourth-order valence-electron chi connectivity index (χ4n) is 3.72. The van der Waals surface area contributed by atoms with Gasteiger partial charge in [-0.2, -0.15) is 0 Å². The molecule has 4 nitrogen and oxygen atoms in total. The number of amides is 1. The van der Waals surface area contributed by atoms with Crippen molar-refractivity contribution in [2.24, 2.45) is 16.6 Å². The minimum atomic E-state index is -0.297. The number of carbonyl (C=O) groups excluding carboxylic acids is 1. The van der Waals surface area contributed by atoms with Crippen LogP contribution in [0.15, 0.2) is 12.3 Å². The number of fused-ring (bicyclic) bond motifs is 2. The summed E-state index contributed by atoms with van der Waals surface area (Å²) < 4.78 is 0. The van der Waals surface area contributed by atoms with Crippen LogP contribution in [0, 0.1) is 29.6 Å². The summed E-state index contributed by atoms with van der Waals surface area (Å²) >= 11 is 0. The molecule has 0 saturated heterocycles. The van der Waals surface area contributed by atoms with E-state index in [4.69, 9.17) is 5.73 Å². The first-order chi connectivity index (χ1) is 9.54. The number of aromatic nitrogens is 2. The molecule has 1 aromatic rings. The Bertz CT molecular complexity index is 616. The van der Waals surface area contributed by atoms with Crippen molar-refractivity contribution in [2.75, 3.05) is 0 Å². The summed E-state index contributed by atoms with van der Waals surface area (Å²) in [6.45, 7) is 1.86. The summed E-state index contributed by atoms with van der Waals surface area (Å²) in [5, 5.41) is 0. The van der Waals surface area contributed by atoms with E-state index in [2.05, 4.69) is 21.8 Å². The van der Waals surface area contributed by atoms with Crippen LogP contribution in [0.2, 0.25) is 0 Å². The lowest BCUT2D eigenvalue weighted by Crippen LogP contribution is -2.38. The zero-order chi connectivity index (χ0) is 14.2. The number of aryl methyl sites for hydroxylation is 1. The molecule has 104 valence electrons. The van der Waals surface area contributed by atoms with Crippen molar-refractivity contribution >= 4 is 5.91 Å². The molecule has 0 spiro atoms. The third-order valence-electron chi connectivity index (χ3n) is 4.82. The molecule has 2 aliphatic carbocycles. The van der Waals surface area contributed by atoms with Crippen LogP contribution in [0.4, 0.5) is 0 Å². The van der Waals surface area contributed by atoms with Crippen molar-refractivity contribution in [3.05, 3.63) is 23.8 Å². The Hall–Kier alpha value is -1.89. The van der Waals surface area contributed by atoms with Crippen LogP contribution >= 0.6 is 0 Å². The van der Waals surface area contributed by atoms with Crippen LogP contribution in [0.5, 0.6) is 0 Å². The molecule has 1 amide bonds. The van der Waals surface area contributed by atoms with E-state index in [-0.39, 0.29) is 16.7 Å². The van der Waals surface area contributed by atoms with Gasteiger partial charge in [0.05, 0.1) is 5.41 Å². The van der Waals surface area contributed by atoms with Gasteiger partial charge in [0.2, 0.25) is 5.91 Å². The Morgan fingerprint density at radius 1 is 1.35 bits per heavy atom. The van der Waals surface area contributed by atoms with Gasteiger partial charge in [0.15, 0.2) is 0 Å². The van der Waals surface area contributed by atoms with Gasteiger partial charge in [0.25, 0.3) is 0 Å². The third kappa shape index (κ3) is 2.18. The first-order valence-corrected chi connectivity index (χ1v) is 7.17. The molecule has 0 aromatic carbocycles. The monoisotopic (exact) mass is 269 g/mol. The summed E-state index contributed by atoms with van der Waals surface area (Å²) in [6, 6.07) is 1.83. The van der Waals surface area contributed by atoms with Gasteiger partial charge >= 0.3 is 0 Å². The van der Waals surface area contributed by atoms with Gasteiger partial charge in [0, 0.05) is 11.6 Å². The summed E-state index contributed by atoms with van der Waals surface area (Å²) in [5.41, 5.74) is 6.04. The largest absolute Gasteiger partial charge is 0.369 e. The predicted octanol–water partition coefficient (Wildman–Crippen LogP) is 1.96. The Kier molecular flexibility index (Phi) is 3.01. The quantitative estimate of drug-likeness (QED) is 0.792. The number of rotatable bonds is 1. The fourth-order valence-corrected chi connectivity index (χ4v) is 3.72. The van der Waals surface area contributed by atoms with Crippen molar-refractivity contribution in [3.63, 3.8) is 0 Å². The lowest BCUT2D eigenvalue weighted by molar-refractivity contribution is -0.129. The SMILES string of the molecule is Cc1nccc(C#CC23CCCC(C(N)=O)(CC2)C3)n1. The topological polar surface area (TPSA) is 68.9 Å². The van der Waals surface area contributed by atoms with E-state index in [1.54, 1.807) is 6.20 Å². The van der Waals surface area contributed by atoms with E-state index < -0.39 is 0 Å². The van der Waals surface area contributed by atoms with Crippen molar-refractivity contribution in [1.29, 1.82) is 0 Å². The highest BCUT2D eigenvalue weighted by Crippen LogP contribution is 2.58. The van der Waals surface area contributed by atoms with E-state index in [1.807, 2.05) is 13.0 Å². The molecular weight excluding hydrogens is 250 g/mol. The van der Waals surface area contributed by atoms with Crippen LogP contribution in [0.1, 0.15) is 50.0 Å². The highest BCUT2D eigenvalue weighted by molar-refractivity contribution is 5.81. The molecule has 20 heavy (non-hydrogen) atoms. The van der Waals surface area contributed by atoms with Gasteiger partial charge in [0.1, 0.15) is 11.5 Å². The van der Waals surface area contributed by atoms with Crippen molar-refractivity contribution in [3.8, 4) is 11.8 Å². The molecule has 4 heteroatoms. The lowest BCUT2D eigenvalue weighted by atomic mass is 9.69. The van der Waals surface area contributed by atoms with E-state index in [0.717, 1.165) is 50.0 Å². The van der Waals surface area contributed by atoms with E-state index in [1.165, 1.54) is 0 Å². The van der Waals surface area contributed by atoms with Crippen LogP contribution in [0.25, 0.3) is 0 Å². The molecule has 2 aliphatic rings. The van der Waals surface area contributed by atoms with Crippen molar-refractivity contribution in [2.45, 2.75) is 45.4 Å². The average molecular weight is 269 g/mol. The molecule has 3 rings (SSSR count). The van der Waals surface area contributed by atoms with Crippen LogP contribution in [-0.2, 0) is 4.79 Å². The second-order valence-electron chi connectivity index (χ2n) is 6.19. The maximum atomic E-state index is 11.7. The summed E-state index contributed by atoms with van der Waals surface area (Å²) in [5.74, 6) is 7.17. The Morgan fingerprint density at radius 3 is 2.95 bits per heavy atom. The van der Waals surface area contributed by atoms with Gasteiger partial charge in [-0.3, -0.25) is 4.79 Å². The molecule has 2 saturated carbocycles. The zero-order valence-electron chi connectivity index (χ0n) is 11.8. The Balaban J connectivity index is 1.87. The van der Waals surface area contributed by atoms with Crippen LogP contribution in [-0.4, -0.2) is 15.9 Å². The fraction of sp³-hybridized carbons (Fsp3) is 0.562. The molecule has 1 heterocycles. The van der Waals surface area contributed by atoms with Gasteiger partial charge in [-0.15, -0.1) is 0 Å². The van der Waals surface area contributed by atoms with Gasteiger partial charge < -0.3 is 5.73 Å². The molecular formula is C16H19N3O. The Labute approximate surface area is 119 Å². The smallest absolute Gasteiger partial charge is 0.223 e. The average Bonchev–Trinajstić information content (AvgIpc) is 2.70. The summed E-state index contributed by atoms with van der Waals surface area (Å²) in [4.78, 5) is 20.1. The van der Waals surface area contributed by atoms with E-state index in [9.17, 15) is 4.79 Å². The van der Waals surface area contributed by atoms with Crippen LogP contribution < -0.4 is 5.73 Å². The summed E-state index contributed by atoms with van der Waals surface area (Å²) in [7, 11) is 0. The van der Waals surface area contributed by atoms with Gasteiger partial charge in [-0.25, -0.2) is 9.97 Å². The highest BCUT2D eigenvalue weighted by atomic mass is 16.1. The number of hydrogen-bond donors (Lipinski definition) is 1. The van der Waals surface area contributed by atoms with Crippen LogP contribution in [0.3, 0.4) is 0 Å². The standard InChI is InChI=1S/C16H19N3O/c1-12-18-10-4-13(19-12)3-7-15-5-2-6-16(11-15,9-8-15)14(17)20/h4,10H,2,5-6,8-9,11H2,1H3,(H2,17,20). The first kappa shape index (κ1) is 13.1. The number of primary amides is 1. The van der Waals surface area contributed by atoms with E-state index >= 15 is 0 Å². The second-order valence-corrected chi connectivity index (χ2v) is 6.19. The zero-order valence-corrected chi connectivity index (χ0v) is 11.8. The maximum absolute atomic E-state index is 11.7. The molecule has 2 unspecified atom stereocenters. The number of nitrogens with two attached hydrogens (primary N) is 1. The molecule has 1 aromatic heterocycles. The molecule has 2 bridgehead atoms. The number of carbonyl (C=O) groups is 1. The molecule has 0 radical (unpaired) electrons. The minimum absolute atomic E-state index is 0.0356. The predicted molar refractivity (Wildman–Crippen MR) is 75.4 cm³/mol. The normalized spacial score (nSPS) is 31.4. The molecule has 2 N–H and O–H groups in total. The minimum Gasteiger partial charge on any atom is -0.369 e. The molecule has 0 aliphatic heterocycles. The second kappa shape index (κ2) is 4.59. The number of hydrogen-bond acceptors (Lipinski definition) is 3. The maximum Gasteiger partial charge on any atom is 0.223 e. The van der Waals surface area contributed by atoms with Gasteiger partial charge in [-0.05, 0) is 51.0 Å². The third-order valence-corrected chi connectivity index (χ3v) is 4.82.